The van der Waals surface area contributed by atoms with E-state index in [2.05, 4.69) is 22.1 Å². The molecule has 2 atom stereocenters. The van der Waals surface area contributed by atoms with Crippen LogP contribution < -0.4 is 0 Å². The van der Waals surface area contributed by atoms with Crippen molar-refractivity contribution in [2.45, 2.75) is 51.2 Å². The van der Waals surface area contributed by atoms with Crippen LogP contribution in [-0.2, 0) is 11.3 Å². The maximum atomic E-state index is 12.0. The molecule has 5 heteroatoms. The maximum absolute atomic E-state index is 12.0. The minimum Gasteiger partial charge on any atom is -0.338 e. The number of aromatic nitrogens is 1. The Labute approximate surface area is 148 Å². The number of pyridine rings is 1. The van der Waals surface area contributed by atoms with Gasteiger partial charge in [-0.1, -0.05) is 6.07 Å². The van der Waals surface area contributed by atoms with Gasteiger partial charge in [0.1, 0.15) is 6.07 Å². The van der Waals surface area contributed by atoms with Crippen molar-refractivity contribution in [1.29, 1.82) is 5.26 Å². The first-order chi connectivity index (χ1) is 12.2. The van der Waals surface area contributed by atoms with Crippen molar-refractivity contribution in [1.82, 2.24) is 14.2 Å². The molecule has 2 aliphatic heterocycles. The second kappa shape index (κ2) is 6.53. The van der Waals surface area contributed by atoms with E-state index in [4.69, 9.17) is 0 Å². The molecule has 0 saturated carbocycles. The molecule has 1 amide bonds. The topological polar surface area (TPSA) is 51.8 Å². The van der Waals surface area contributed by atoms with Crippen molar-refractivity contribution in [3.05, 3.63) is 41.7 Å². The van der Waals surface area contributed by atoms with Crippen LogP contribution in [0.3, 0.4) is 0 Å². The van der Waals surface area contributed by atoms with Gasteiger partial charge in [0.25, 0.3) is 0 Å². The zero-order valence-electron chi connectivity index (χ0n) is 14.7. The Hall–Kier alpha value is -2.32. The number of nitriles is 1. The molecule has 2 aromatic heterocycles. The zero-order chi connectivity index (χ0) is 17.4. The summed E-state index contributed by atoms with van der Waals surface area (Å²) < 4.78 is 2.04. The number of hydrogen-bond donors (Lipinski definition) is 0. The smallest absolute Gasteiger partial charge is 0.219 e. The Balaban J connectivity index is 1.60. The predicted octanol–water partition coefficient (Wildman–Crippen LogP) is 2.79. The van der Waals surface area contributed by atoms with E-state index in [1.165, 1.54) is 6.42 Å². The lowest BCUT2D eigenvalue weighted by Gasteiger charge is -2.34. The first-order valence-corrected chi connectivity index (χ1v) is 9.19. The van der Waals surface area contributed by atoms with Crippen LogP contribution in [0.2, 0.25) is 0 Å². The maximum Gasteiger partial charge on any atom is 0.219 e. The molecule has 4 rings (SSSR count). The molecule has 0 N–H and O–H groups in total. The summed E-state index contributed by atoms with van der Waals surface area (Å²) in [4.78, 5) is 16.5. The average molecular weight is 336 g/mol. The third-order valence-electron chi connectivity index (χ3n) is 5.81. The first-order valence-electron chi connectivity index (χ1n) is 9.19. The third-order valence-corrected chi connectivity index (χ3v) is 5.81. The number of carbonyl (C=O) groups is 1. The highest BCUT2D eigenvalue weighted by Gasteiger charge is 2.38. The highest BCUT2D eigenvalue weighted by molar-refractivity contribution is 5.74. The Morgan fingerprint density at radius 3 is 2.84 bits per heavy atom. The number of fused-ring (bicyclic) bond motifs is 1. The van der Waals surface area contributed by atoms with Gasteiger partial charge in [0.2, 0.25) is 5.91 Å². The van der Waals surface area contributed by atoms with E-state index in [1.54, 1.807) is 6.92 Å². The third kappa shape index (κ3) is 2.81. The van der Waals surface area contributed by atoms with E-state index in [0.717, 1.165) is 55.5 Å². The highest BCUT2D eigenvalue weighted by Crippen LogP contribution is 2.32. The van der Waals surface area contributed by atoms with E-state index in [-0.39, 0.29) is 5.91 Å². The normalized spacial score (nSPS) is 24.1. The number of rotatable bonds is 3. The van der Waals surface area contributed by atoms with Crippen LogP contribution in [0.1, 0.15) is 43.7 Å². The highest BCUT2D eigenvalue weighted by atomic mass is 16.2. The van der Waals surface area contributed by atoms with Gasteiger partial charge in [0.15, 0.2) is 0 Å². The summed E-state index contributed by atoms with van der Waals surface area (Å²) in [5.74, 6) is 0.196. The summed E-state index contributed by atoms with van der Waals surface area (Å²) in [7, 11) is 0. The van der Waals surface area contributed by atoms with Gasteiger partial charge in [-0.25, -0.2) is 0 Å². The van der Waals surface area contributed by atoms with Crippen molar-refractivity contribution in [2.75, 3.05) is 13.1 Å². The summed E-state index contributed by atoms with van der Waals surface area (Å²) in [6, 6.07) is 9.10. The van der Waals surface area contributed by atoms with Crippen molar-refractivity contribution in [3.63, 3.8) is 0 Å². The molecule has 2 fully saturated rings. The van der Waals surface area contributed by atoms with Crippen LogP contribution in [0.4, 0.5) is 0 Å². The first kappa shape index (κ1) is 16.2. The van der Waals surface area contributed by atoms with E-state index in [9.17, 15) is 10.1 Å². The van der Waals surface area contributed by atoms with Gasteiger partial charge >= 0.3 is 0 Å². The van der Waals surface area contributed by atoms with Crippen LogP contribution in [0.15, 0.2) is 30.6 Å². The van der Waals surface area contributed by atoms with Crippen molar-refractivity contribution in [3.8, 4) is 6.07 Å². The molecule has 0 aliphatic carbocycles. The quantitative estimate of drug-likeness (QED) is 0.866. The summed E-state index contributed by atoms with van der Waals surface area (Å²) in [5, 5.41) is 9.64. The van der Waals surface area contributed by atoms with Gasteiger partial charge in [-0.3, -0.25) is 9.69 Å². The van der Waals surface area contributed by atoms with E-state index < -0.39 is 0 Å². The summed E-state index contributed by atoms with van der Waals surface area (Å²) >= 11 is 0. The molecule has 0 radical (unpaired) electrons. The summed E-state index contributed by atoms with van der Waals surface area (Å²) in [5.41, 5.74) is 2.84. The van der Waals surface area contributed by atoms with E-state index >= 15 is 0 Å². The van der Waals surface area contributed by atoms with Gasteiger partial charge in [0.05, 0.1) is 11.1 Å². The summed E-state index contributed by atoms with van der Waals surface area (Å²) in [6.45, 7) is 4.41. The SMILES string of the molecule is CC(=O)N1CCC[C@H]1[C@@H]1CCCN1Cc1cn2ccccc2c1C#N. The van der Waals surface area contributed by atoms with Crippen LogP contribution >= 0.6 is 0 Å². The van der Waals surface area contributed by atoms with Crippen LogP contribution in [0, 0.1) is 11.3 Å². The Morgan fingerprint density at radius 2 is 2.04 bits per heavy atom. The lowest BCUT2D eigenvalue weighted by molar-refractivity contribution is -0.130. The van der Waals surface area contributed by atoms with Crippen LogP contribution in [0.5, 0.6) is 0 Å². The fourth-order valence-corrected chi connectivity index (χ4v) is 4.71. The molecule has 5 nitrogen and oxygen atoms in total. The lowest BCUT2D eigenvalue weighted by Crippen LogP contribution is -2.47. The number of nitrogens with zero attached hydrogens (tertiary/aromatic N) is 4. The lowest BCUT2D eigenvalue weighted by atomic mass is 10.0. The monoisotopic (exact) mass is 336 g/mol. The molecule has 130 valence electrons. The largest absolute Gasteiger partial charge is 0.338 e. The number of hydrogen-bond acceptors (Lipinski definition) is 3. The fraction of sp³-hybridized carbons (Fsp3) is 0.500. The number of carbonyl (C=O) groups excluding carboxylic acids is 1. The zero-order valence-corrected chi connectivity index (χ0v) is 14.7. The molecule has 0 bridgehead atoms. The number of likely N-dealkylation sites (tertiary alicyclic amines) is 2. The van der Waals surface area contributed by atoms with Crippen LogP contribution in [-0.4, -0.2) is 45.3 Å². The molecule has 0 unspecified atom stereocenters. The Morgan fingerprint density at radius 1 is 1.24 bits per heavy atom. The van der Waals surface area contributed by atoms with Crippen molar-refractivity contribution in [2.24, 2.45) is 0 Å². The second-order valence-electron chi connectivity index (χ2n) is 7.24. The fourth-order valence-electron chi connectivity index (χ4n) is 4.71. The Bertz CT molecular complexity index is 834. The Kier molecular flexibility index (Phi) is 4.22. The molecular formula is C20H24N4O. The second-order valence-corrected chi connectivity index (χ2v) is 7.24. The average Bonchev–Trinajstić information content (AvgIpc) is 3.32. The van der Waals surface area contributed by atoms with Gasteiger partial charge in [-0.2, -0.15) is 5.26 Å². The molecule has 0 aromatic carbocycles. The van der Waals surface area contributed by atoms with Gasteiger partial charge in [0, 0.05) is 50.1 Å². The van der Waals surface area contributed by atoms with Gasteiger partial charge < -0.3 is 9.30 Å². The predicted molar refractivity (Wildman–Crippen MR) is 96.0 cm³/mol. The van der Waals surface area contributed by atoms with Crippen LogP contribution in [0.25, 0.3) is 5.52 Å². The molecule has 2 aromatic rings. The molecule has 25 heavy (non-hydrogen) atoms. The molecule has 4 heterocycles. The molecule has 2 saturated heterocycles. The van der Waals surface area contributed by atoms with Gasteiger partial charge in [-0.15, -0.1) is 0 Å². The molecule has 0 spiro atoms. The molecular weight excluding hydrogens is 312 g/mol. The van der Waals surface area contributed by atoms with Crippen molar-refractivity contribution < 1.29 is 4.79 Å². The number of amides is 1. The van der Waals surface area contributed by atoms with Gasteiger partial charge in [-0.05, 0) is 44.4 Å². The van der Waals surface area contributed by atoms with E-state index in [0.29, 0.717) is 12.1 Å². The standard InChI is InChI=1S/C20H24N4O/c1-15(25)24-11-5-8-20(24)19-7-4-10-23(19)14-16-13-22-9-3-2-6-18(22)17(16)12-21/h2-3,6,9,13,19-20H,4-5,7-8,10-11,14H2,1H3/t19-,20-/m0/s1. The minimum atomic E-state index is 0.196. The molecule has 2 aliphatic rings. The summed E-state index contributed by atoms with van der Waals surface area (Å²) in [6.07, 6.45) is 8.60. The van der Waals surface area contributed by atoms with Crippen molar-refractivity contribution >= 4 is 11.4 Å². The van der Waals surface area contributed by atoms with E-state index in [1.807, 2.05) is 28.8 Å². The minimum absolute atomic E-state index is 0.196.